The van der Waals surface area contributed by atoms with Gasteiger partial charge in [-0.2, -0.15) is 0 Å². The molecule has 1 N–H and O–H groups in total. The third-order valence-corrected chi connectivity index (χ3v) is 5.86. The van der Waals surface area contributed by atoms with Crippen molar-refractivity contribution in [1.29, 1.82) is 0 Å². The molecule has 33 heavy (non-hydrogen) atoms. The fourth-order valence-electron chi connectivity index (χ4n) is 3.32. The molecule has 4 rings (SSSR count). The zero-order valence-electron chi connectivity index (χ0n) is 17.4. The monoisotopic (exact) mass is 501 g/mol. The van der Waals surface area contributed by atoms with Crippen molar-refractivity contribution in [2.75, 3.05) is 5.32 Å². The van der Waals surface area contributed by atoms with Gasteiger partial charge >= 0.3 is 0 Å². The quantitative estimate of drug-likeness (QED) is 0.302. The van der Waals surface area contributed by atoms with Crippen LogP contribution in [0.4, 0.5) is 5.69 Å². The van der Waals surface area contributed by atoms with Crippen LogP contribution in [-0.2, 0) is 4.79 Å². The molecule has 1 amide bonds. The fraction of sp³-hybridized carbons (Fsp3) is 0.120. The highest BCUT2D eigenvalue weighted by molar-refractivity contribution is 6.36. The molecule has 1 aromatic heterocycles. The number of rotatable bonds is 6. The zero-order valence-corrected chi connectivity index (χ0v) is 19.7. The molecule has 0 radical (unpaired) electrons. The molecule has 0 aliphatic heterocycles. The Hall–Kier alpha value is -2.99. The summed E-state index contributed by atoms with van der Waals surface area (Å²) >= 11 is 18.5. The van der Waals surface area contributed by atoms with Gasteiger partial charge in [0.25, 0.3) is 5.91 Å². The van der Waals surface area contributed by atoms with Gasteiger partial charge in [0.15, 0.2) is 11.9 Å². The van der Waals surface area contributed by atoms with Crippen molar-refractivity contribution in [2.24, 2.45) is 0 Å². The lowest BCUT2D eigenvalue weighted by Gasteiger charge is -2.19. The topological polar surface area (TPSA) is 68.5 Å². The molecule has 0 saturated carbocycles. The molecule has 3 aromatic carbocycles. The number of carbonyl (C=O) groups is 1. The Labute approximate surface area is 204 Å². The van der Waals surface area contributed by atoms with E-state index in [1.165, 1.54) is 6.07 Å². The van der Waals surface area contributed by atoms with E-state index in [2.05, 4.69) is 5.32 Å². The largest absolute Gasteiger partial charge is 0.473 e. The van der Waals surface area contributed by atoms with Gasteiger partial charge in [0.1, 0.15) is 5.58 Å². The van der Waals surface area contributed by atoms with Gasteiger partial charge in [-0.25, -0.2) is 0 Å². The molecule has 1 unspecified atom stereocenters. The summed E-state index contributed by atoms with van der Waals surface area (Å²) in [6.45, 7) is 1.77. The fourth-order valence-corrected chi connectivity index (χ4v) is 4.00. The highest BCUT2D eigenvalue weighted by atomic mass is 35.5. The molecule has 4 aromatic rings. The van der Waals surface area contributed by atoms with Crippen LogP contribution in [0.1, 0.15) is 13.3 Å². The van der Waals surface area contributed by atoms with Crippen molar-refractivity contribution in [2.45, 2.75) is 19.4 Å². The lowest BCUT2D eigenvalue weighted by atomic mass is 10.1. The maximum Gasteiger partial charge on any atom is 0.265 e. The molecule has 0 aliphatic carbocycles. The van der Waals surface area contributed by atoms with Gasteiger partial charge in [-0.05, 0) is 48.9 Å². The van der Waals surface area contributed by atoms with Crippen molar-refractivity contribution in [3.63, 3.8) is 0 Å². The number of ether oxygens (including phenoxy) is 1. The van der Waals surface area contributed by atoms with Crippen LogP contribution in [0.25, 0.3) is 22.3 Å². The van der Waals surface area contributed by atoms with E-state index in [9.17, 15) is 9.59 Å². The van der Waals surface area contributed by atoms with E-state index < -0.39 is 17.4 Å². The van der Waals surface area contributed by atoms with E-state index in [1.54, 1.807) is 67.6 Å². The van der Waals surface area contributed by atoms with Crippen LogP contribution in [0.15, 0.2) is 75.9 Å². The summed E-state index contributed by atoms with van der Waals surface area (Å²) < 4.78 is 12.0. The summed E-state index contributed by atoms with van der Waals surface area (Å²) in [6.07, 6.45) is -0.715. The van der Waals surface area contributed by atoms with E-state index in [-0.39, 0.29) is 23.0 Å². The minimum Gasteiger partial charge on any atom is -0.473 e. The van der Waals surface area contributed by atoms with Crippen molar-refractivity contribution >= 4 is 57.4 Å². The van der Waals surface area contributed by atoms with Crippen LogP contribution in [0, 0.1) is 0 Å². The molecular weight excluding hydrogens is 485 g/mol. The number of halogens is 3. The summed E-state index contributed by atoms with van der Waals surface area (Å²) in [5.74, 6) is -0.412. The van der Waals surface area contributed by atoms with Gasteiger partial charge in [0.05, 0.1) is 21.1 Å². The van der Waals surface area contributed by atoms with Crippen LogP contribution >= 0.6 is 34.8 Å². The number of hydrogen-bond donors (Lipinski definition) is 1. The van der Waals surface area contributed by atoms with Gasteiger partial charge in [-0.1, -0.05) is 66.0 Å². The van der Waals surface area contributed by atoms with Crippen LogP contribution < -0.4 is 15.5 Å². The predicted molar refractivity (Wildman–Crippen MR) is 133 cm³/mol. The highest BCUT2D eigenvalue weighted by Crippen LogP contribution is 2.36. The molecule has 0 fully saturated rings. The Balaban J connectivity index is 1.77. The second-order valence-electron chi connectivity index (χ2n) is 7.19. The molecule has 1 heterocycles. The SMILES string of the molecule is CCC(Oc1c(-c2ccccc2Cl)oc2ccccc2c1=O)C(=O)Nc1ccc(Cl)cc1Cl. The Morgan fingerprint density at radius 2 is 1.73 bits per heavy atom. The molecule has 0 saturated heterocycles. The van der Waals surface area contributed by atoms with Crippen LogP contribution in [-0.4, -0.2) is 12.0 Å². The maximum atomic E-state index is 13.4. The summed E-state index contributed by atoms with van der Waals surface area (Å²) in [5.41, 5.74) is 0.843. The van der Waals surface area contributed by atoms with E-state index in [0.717, 1.165) is 0 Å². The Kier molecular flexibility index (Phi) is 6.94. The maximum absolute atomic E-state index is 13.4. The van der Waals surface area contributed by atoms with E-state index in [0.29, 0.717) is 32.3 Å². The number of amides is 1. The summed E-state index contributed by atoms with van der Waals surface area (Å²) in [6, 6.07) is 18.5. The van der Waals surface area contributed by atoms with Gasteiger partial charge in [0.2, 0.25) is 11.2 Å². The predicted octanol–water partition coefficient (Wildman–Crippen LogP) is 7.22. The molecular formula is C25H18Cl3NO4. The highest BCUT2D eigenvalue weighted by Gasteiger charge is 2.26. The number of anilines is 1. The van der Waals surface area contributed by atoms with E-state index >= 15 is 0 Å². The third kappa shape index (κ3) is 4.86. The number of hydrogen-bond acceptors (Lipinski definition) is 4. The van der Waals surface area contributed by atoms with Crippen LogP contribution in [0.3, 0.4) is 0 Å². The summed E-state index contributed by atoms with van der Waals surface area (Å²) in [5, 5.41) is 4.16. The van der Waals surface area contributed by atoms with Gasteiger partial charge in [-0.15, -0.1) is 0 Å². The molecule has 1 atom stereocenters. The van der Waals surface area contributed by atoms with Gasteiger partial charge in [0, 0.05) is 10.6 Å². The first-order valence-electron chi connectivity index (χ1n) is 10.1. The summed E-state index contributed by atoms with van der Waals surface area (Å²) in [4.78, 5) is 26.4. The summed E-state index contributed by atoms with van der Waals surface area (Å²) in [7, 11) is 0. The average Bonchev–Trinajstić information content (AvgIpc) is 2.80. The van der Waals surface area contributed by atoms with Crippen molar-refractivity contribution < 1.29 is 13.9 Å². The molecule has 8 heteroatoms. The number of para-hydroxylation sites is 1. The standard InChI is InChI=1S/C25H18Cl3NO4/c1-2-20(25(31)29-19-12-11-14(26)13-18(19)28)32-24-22(30)16-8-4-6-10-21(16)33-23(24)15-7-3-5-9-17(15)27/h3-13,20H,2H2,1H3,(H,29,31). The van der Waals surface area contributed by atoms with Gasteiger partial charge in [-0.3, -0.25) is 9.59 Å². The zero-order chi connectivity index (χ0) is 23.5. The molecule has 0 aliphatic rings. The Morgan fingerprint density at radius 1 is 1.00 bits per heavy atom. The minimum absolute atomic E-state index is 0.0917. The smallest absolute Gasteiger partial charge is 0.265 e. The van der Waals surface area contributed by atoms with Crippen LogP contribution in [0.2, 0.25) is 15.1 Å². The lowest BCUT2D eigenvalue weighted by Crippen LogP contribution is -2.34. The van der Waals surface area contributed by atoms with Crippen molar-refractivity contribution in [3.05, 3.63) is 92.0 Å². The van der Waals surface area contributed by atoms with E-state index in [4.69, 9.17) is 44.0 Å². The third-order valence-electron chi connectivity index (χ3n) is 4.99. The van der Waals surface area contributed by atoms with Crippen LogP contribution in [0.5, 0.6) is 5.75 Å². The Morgan fingerprint density at radius 3 is 2.45 bits per heavy atom. The molecule has 0 spiro atoms. The number of benzene rings is 3. The molecule has 168 valence electrons. The number of carbonyl (C=O) groups excluding carboxylic acids is 1. The second-order valence-corrected chi connectivity index (χ2v) is 8.44. The molecule has 0 bridgehead atoms. The lowest BCUT2D eigenvalue weighted by molar-refractivity contribution is -0.122. The first kappa shape index (κ1) is 23.2. The normalized spacial score (nSPS) is 11.9. The Bertz CT molecular complexity index is 1400. The number of fused-ring (bicyclic) bond motifs is 1. The second kappa shape index (κ2) is 9.87. The minimum atomic E-state index is -0.998. The first-order valence-corrected chi connectivity index (χ1v) is 11.3. The first-order chi connectivity index (χ1) is 15.9. The molecule has 5 nitrogen and oxygen atoms in total. The average molecular weight is 503 g/mol. The van der Waals surface area contributed by atoms with Crippen molar-refractivity contribution in [3.8, 4) is 17.1 Å². The van der Waals surface area contributed by atoms with Crippen molar-refractivity contribution in [1.82, 2.24) is 0 Å². The van der Waals surface area contributed by atoms with Gasteiger partial charge < -0.3 is 14.5 Å². The van der Waals surface area contributed by atoms with E-state index in [1.807, 2.05) is 0 Å². The number of nitrogens with one attached hydrogen (secondary N) is 1.